The van der Waals surface area contributed by atoms with Crippen LogP contribution in [0, 0.1) is 5.41 Å². The lowest BCUT2D eigenvalue weighted by Gasteiger charge is -2.27. The SMILES string of the molecule is CCC(C)(CNCCOC)Cc1ccn(C)n1. The molecule has 98 valence electrons. The van der Waals surface area contributed by atoms with E-state index < -0.39 is 0 Å². The van der Waals surface area contributed by atoms with Gasteiger partial charge in [-0.2, -0.15) is 5.10 Å². The molecule has 1 aromatic rings. The highest BCUT2D eigenvalue weighted by Crippen LogP contribution is 2.24. The predicted octanol–water partition coefficient (Wildman–Crippen LogP) is 1.61. The molecule has 4 heteroatoms. The minimum Gasteiger partial charge on any atom is -0.383 e. The van der Waals surface area contributed by atoms with E-state index >= 15 is 0 Å². The third-order valence-electron chi connectivity index (χ3n) is 3.27. The van der Waals surface area contributed by atoms with Gasteiger partial charge in [0.05, 0.1) is 12.3 Å². The van der Waals surface area contributed by atoms with Gasteiger partial charge in [0.2, 0.25) is 0 Å². The molecule has 1 aromatic heterocycles. The van der Waals surface area contributed by atoms with Crippen molar-refractivity contribution in [2.45, 2.75) is 26.7 Å². The molecule has 0 saturated carbocycles. The van der Waals surface area contributed by atoms with Gasteiger partial charge in [0.1, 0.15) is 0 Å². The second kappa shape index (κ2) is 6.77. The molecule has 0 aliphatic carbocycles. The second-order valence-electron chi connectivity index (χ2n) is 4.99. The molecule has 0 bridgehead atoms. The topological polar surface area (TPSA) is 39.1 Å². The summed E-state index contributed by atoms with van der Waals surface area (Å²) in [5.41, 5.74) is 1.44. The third-order valence-corrected chi connectivity index (χ3v) is 3.27. The fourth-order valence-electron chi connectivity index (χ4n) is 1.87. The summed E-state index contributed by atoms with van der Waals surface area (Å²) in [5, 5.41) is 7.90. The molecular formula is C13H25N3O. The Kier molecular flexibility index (Phi) is 5.65. The maximum Gasteiger partial charge on any atom is 0.0630 e. The van der Waals surface area contributed by atoms with Crippen molar-refractivity contribution in [1.29, 1.82) is 0 Å². The summed E-state index contributed by atoms with van der Waals surface area (Å²) in [6, 6.07) is 2.10. The summed E-state index contributed by atoms with van der Waals surface area (Å²) in [4.78, 5) is 0. The predicted molar refractivity (Wildman–Crippen MR) is 70.1 cm³/mol. The van der Waals surface area contributed by atoms with Crippen LogP contribution in [0.25, 0.3) is 0 Å². The van der Waals surface area contributed by atoms with Crippen LogP contribution in [0.5, 0.6) is 0 Å². The van der Waals surface area contributed by atoms with Crippen molar-refractivity contribution >= 4 is 0 Å². The highest BCUT2D eigenvalue weighted by molar-refractivity contribution is 5.02. The Hall–Kier alpha value is -0.870. The first kappa shape index (κ1) is 14.2. The van der Waals surface area contributed by atoms with Gasteiger partial charge in [-0.25, -0.2) is 0 Å². The average Bonchev–Trinajstić information content (AvgIpc) is 2.70. The molecule has 1 unspecified atom stereocenters. The van der Waals surface area contributed by atoms with E-state index in [1.165, 1.54) is 5.69 Å². The van der Waals surface area contributed by atoms with Crippen LogP contribution >= 0.6 is 0 Å². The van der Waals surface area contributed by atoms with E-state index in [1.807, 2.05) is 17.9 Å². The zero-order valence-electron chi connectivity index (χ0n) is 11.5. The molecule has 0 aliphatic heterocycles. The Balaban J connectivity index is 2.44. The maximum absolute atomic E-state index is 5.03. The smallest absolute Gasteiger partial charge is 0.0630 e. The molecule has 17 heavy (non-hydrogen) atoms. The molecule has 0 fully saturated rings. The van der Waals surface area contributed by atoms with E-state index in [9.17, 15) is 0 Å². The largest absolute Gasteiger partial charge is 0.383 e. The highest BCUT2D eigenvalue weighted by atomic mass is 16.5. The summed E-state index contributed by atoms with van der Waals surface area (Å²) in [6.45, 7) is 7.23. The summed E-state index contributed by atoms with van der Waals surface area (Å²) < 4.78 is 6.90. The van der Waals surface area contributed by atoms with E-state index in [-0.39, 0.29) is 5.41 Å². The normalized spacial score (nSPS) is 14.8. The molecule has 0 aromatic carbocycles. The number of aromatic nitrogens is 2. The zero-order chi connectivity index (χ0) is 12.7. The Bertz CT molecular complexity index is 324. The van der Waals surface area contributed by atoms with Gasteiger partial charge in [0.15, 0.2) is 0 Å². The third kappa shape index (κ3) is 4.88. The minimum absolute atomic E-state index is 0.266. The molecule has 1 N–H and O–H groups in total. The first-order chi connectivity index (χ1) is 8.09. The van der Waals surface area contributed by atoms with E-state index in [0.717, 1.165) is 32.5 Å². The van der Waals surface area contributed by atoms with Gasteiger partial charge in [0, 0.05) is 33.4 Å². The fraction of sp³-hybridized carbons (Fsp3) is 0.769. The summed E-state index contributed by atoms with van der Waals surface area (Å²) in [7, 11) is 3.69. The summed E-state index contributed by atoms with van der Waals surface area (Å²) in [6.07, 6.45) is 4.16. The highest BCUT2D eigenvalue weighted by Gasteiger charge is 2.23. The van der Waals surface area contributed by atoms with Crippen LogP contribution < -0.4 is 5.32 Å². The number of nitrogens with one attached hydrogen (secondary N) is 1. The fourth-order valence-corrected chi connectivity index (χ4v) is 1.87. The lowest BCUT2D eigenvalue weighted by atomic mass is 9.82. The van der Waals surface area contributed by atoms with Crippen molar-refractivity contribution in [2.75, 3.05) is 26.8 Å². The van der Waals surface area contributed by atoms with E-state index in [0.29, 0.717) is 0 Å². The number of hydrogen-bond donors (Lipinski definition) is 1. The van der Waals surface area contributed by atoms with Gasteiger partial charge >= 0.3 is 0 Å². The Morgan fingerprint density at radius 3 is 2.82 bits per heavy atom. The van der Waals surface area contributed by atoms with Crippen molar-refractivity contribution in [3.05, 3.63) is 18.0 Å². The monoisotopic (exact) mass is 239 g/mol. The van der Waals surface area contributed by atoms with Crippen molar-refractivity contribution in [3.63, 3.8) is 0 Å². The molecule has 0 saturated heterocycles. The van der Waals surface area contributed by atoms with Crippen molar-refractivity contribution < 1.29 is 4.74 Å². The lowest BCUT2D eigenvalue weighted by molar-refractivity contribution is 0.191. The van der Waals surface area contributed by atoms with Crippen LogP contribution in [0.15, 0.2) is 12.3 Å². The number of aryl methyl sites for hydroxylation is 1. The average molecular weight is 239 g/mol. The number of hydrogen-bond acceptors (Lipinski definition) is 3. The molecular weight excluding hydrogens is 214 g/mol. The van der Waals surface area contributed by atoms with Gasteiger partial charge in [-0.15, -0.1) is 0 Å². The quantitative estimate of drug-likeness (QED) is 0.701. The van der Waals surface area contributed by atoms with Gasteiger partial charge < -0.3 is 10.1 Å². The van der Waals surface area contributed by atoms with E-state index in [2.05, 4.69) is 30.3 Å². The zero-order valence-corrected chi connectivity index (χ0v) is 11.5. The van der Waals surface area contributed by atoms with E-state index in [4.69, 9.17) is 4.74 Å². The molecule has 0 spiro atoms. The summed E-state index contributed by atoms with van der Waals surface area (Å²) >= 11 is 0. The Morgan fingerprint density at radius 1 is 1.53 bits per heavy atom. The van der Waals surface area contributed by atoms with Crippen molar-refractivity contribution in [1.82, 2.24) is 15.1 Å². The van der Waals surface area contributed by atoms with Crippen LogP contribution in [-0.4, -0.2) is 36.6 Å². The molecule has 4 nitrogen and oxygen atoms in total. The van der Waals surface area contributed by atoms with Crippen LogP contribution in [0.3, 0.4) is 0 Å². The van der Waals surface area contributed by atoms with Crippen molar-refractivity contribution in [3.8, 4) is 0 Å². The number of nitrogens with zero attached hydrogens (tertiary/aromatic N) is 2. The number of methoxy groups -OCH3 is 1. The molecule has 0 aliphatic rings. The van der Waals surface area contributed by atoms with Crippen LogP contribution in [0.4, 0.5) is 0 Å². The van der Waals surface area contributed by atoms with Crippen LogP contribution in [-0.2, 0) is 18.2 Å². The minimum atomic E-state index is 0.266. The molecule has 0 radical (unpaired) electrons. The summed E-state index contributed by atoms with van der Waals surface area (Å²) in [5.74, 6) is 0. The molecule has 0 amide bonds. The maximum atomic E-state index is 5.03. The Labute approximate surface area is 104 Å². The van der Waals surface area contributed by atoms with Crippen LogP contribution in [0.2, 0.25) is 0 Å². The second-order valence-corrected chi connectivity index (χ2v) is 4.99. The number of rotatable bonds is 8. The van der Waals surface area contributed by atoms with Gasteiger partial charge in [-0.1, -0.05) is 13.8 Å². The van der Waals surface area contributed by atoms with E-state index in [1.54, 1.807) is 7.11 Å². The molecule has 1 rings (SSSR count). The van der Waals surface area contributed by atoms with Crippen molar-refractivity contribution in [2.24, 2.45) is 12.5 Å². The number of ether oxygens (including phenoxy) is 1. The molecule has 1 heterocycles. The van der Waals surface area contributed by atoms with Gasteiger partial charge in [0.25, 0.3) is 0 Å². The van der Waals surface area contributed by atoms with Gasteiger partial charge in [-0.05, 0) is 24.3 Å². The van der Waals surface area contributed by atoms with Gasteiger partial charge in [-0.3, -0.25) is 4.68 Å². The lowest BCUT2D eigenvalue weighted by Crippen LogP contribution is -2.35. The first-order valence-electron chi connectivity index (χ1n) is 6.28. The Morgan fingerprint density at radius 2 is 2.29 bits per heavy atom. The van der Waals surface area contributed by atoms with Crippen LogP contribution in [0.1, 0.15) is 26.0 Å². The standard InChI is InChI=1S/C13H25N3O/c1-5-13(2,11-14-7-9-17-4)10-12-6-8-16(3)15-12/h6,8,14H,5,7,9-11H2,1-4H3. The first-order valence-corrected chi connectivity index (χ1v) is 6.28. The molecule has 1 atom stereocenters.